The highest BCUT2D eigenvalue weighted by atomic mass is 19.3. The fourth-order valence-corrected chi connectivity index (χ4v) is 1.63. The molecule has 5 heteroatoms. The highest BCUT2D eigenvalue weighted by molar-refractivity contribution is 5.92. The summed E-state index contributed by atoms with van der Waals surface area (Å²) in [6.07, 6.45) is -2.33. The molecule has 0 aliphatic rings. The molecule has 3 nitrogen and oxygen atoms in total. The van der Waals surface area contributed by atoms with E-state index in [1.807, 2.05) is 6.07 Å². The van der Waals surface area contributed by atoms with Crippen molar-refractivity contribution in [3.05, 3.63) is 34.4 Å². The molecule has 0 amide bonds. The smallest absolute Gasteiger partial charge is 0.338 e. The Bertz CT molecular complexity index is 492. The lowest BCUT2D eigenvalue weighted by atomic mass is 9.97. The summed E-state index contributed by atoms with van der Waals surface area (Å²) in [4.78, 5) is 11.6. The number of alkyl halides is 2. The van der Waals surface area contributed by atoms with E-state index in [1.165, 1.54) is 12.1 Å². The Balaban J connectivity index is 3.39. The van der Waals surface area contributed by atoms with Crippen LogP contribution in [0.3, 0.4) is 0 Å². The predicted octanol–water partition coefficient (Wildman–Crippen LogP) is 3.23. The minimum Gasteiger partial charge on any atom is -0.462 e. The van der Waals surface area contributed by atoms with E-state index < -0.39 is 12.4 Å². The van der Waals surface area contributed by atoms with Crippen molar-refractivity contribution in [3.63, 3.8) is 0 Å². The van der Waals surface area contributed by atoms with Crippen LogP contribution in [0.1, 0.15) is 47.3 Å². The summed E-state index contributed by atoms with van der Waals surface area (Å²) in [5.41, 5.74) is 0.107. The van der Waals surface area contributed by atoms with Crippen LogP contribution >= 0.6 is 0 Å². The number of hydrogen-bond acceptors (Lipinski definition) is 3. The molecule has 0 radical (unpaired) electrons. The largest absolute Gasteiger partial charge is 0.462 e. The van der Waals surface area contributed by atoms with Crippen molar-refractivity contribution in [1.29, 1.82) is 5.26 Å². The maximum Gasteiger partial charge on any atom is 0.338 e. The van der Waals surface area contributed by atoms with Gasteiger partial charge in [0.25, 0.3) is 6.43 Å². The van der Waals surface area contributed by atoms with Gasteiger partial charge in [0.1, 0.15) is 0 Å². The lowest BCUT2D eigenvalue weighted by molar-refractivity contribution is 0.0515. The van der Waals surface area contributed by atoms with Crippen LogP contribution in [0.4, 0.5) is 8.78 Å². The Labute approximate surface area is 104 Å². The molecule has 1 aromatic carbocycles. The van der Waals surface area contributed by atoms with Gasteiger partial charge in [-0.15, -0.1) is 0 Å². The minimum absolute atomic E-state index is 0.0962. The lowest BCUT2D eigenvalue weighted by Gasteiger charge is -2.11. The average Bonchev–Trinajstić information content (AvgIpc) is 2.37. The first kappa shape index (κ1) is 14.1. The number of rotatable bonds is 4. The fourth-order valence-electron chi connectivity index (χ4n) is 1.63. The summed E-state index contributed by atoms with van der Waals surface area (Å²) in [6, 6.07) is 4.28. The Morgan fingerprint density at radius 1 is 1.44 bits per heavy atom. The Morgan fingerprint density at radius 3 is 2.56 bits per heavy atom. The second-order valence-electron chi connectivity index (χ2n) is 3.58. The van der Waals surface area contributed by atoms with E-state index in [1.54, 1.807) is 13.8 Å². The summed E-state index contributed by atoms with van der Waals surface area (Å²) in [5, 5.41) is 8.93. The van der Waals surface area contributed by atoms with E-state index in [-0.39, 0.29) is 23.3 Å². The summed E-state index contributed by atoms with van der Waals surface area (Å²) in [6.45, 7) is 3.44. The van der Waals surface area contributed by atoms with Crippen molar-refractivity contribution in [2.24, 2.45) is 0 Å². The minimum atomic E-state index is -2.78. The van der Waals surface area contributed by atoms with Crippen LogP contribution in [-0.2, 0) is 11.2 Å². The van der Waals surface area contributed by atoms with Gasteiger partial charge in [0.2, 0.25) is 0 Å². The standard InChI is InChI=1S/C13H13F2NO2/c1-3-8-5-10(12(14)15)11(6-9(8)7-16)13(17)18-4-2/h5-6,12H,3-4H2,1-2H3. The number of ether oxygens (including phenoxy) is 1. The zero-order chi connectivity index (χ0) is 13.7. The number of hydrogen-bond donors (Lipinski definition) is 0. The molecule has 0 heterocycles. The molecule has 0 bridgehead atoms. The Hall–Kier alpha value is -1.96. The first-order valence-corrected chi connectivity index (χ1v) is 5.57. The van der Waals surface area contributed by atoms with Crippen molar-refractivity contribution in [1.82, 2.24) is 0 Å². The second-order valence-corrected chi connectivity index (χ2v) is 3.58. The monoisotopic (exact) mass is 253 g/mol. The van der Waals surface area contributed by atoms with Crippen LogP contribution < -0.4 is 0 Å². The molecule has 0 atom stereocenters. The topological polar surface area (TPSA) is 50.1 Å². The Morgan fingerprint density at radius 2 is 2.11 bits per heavy atom. The molecule has 96 valence electrons. The number of aryl methyl sites for hydroxylation is 1. The summed E-state index contributed by atoms with van der Waals surface area (Å²) in [7, 11) is 0. The molecular weight excluding hydrogens is 240 g/mol. The number of esters is 1. The molecule has 0 aromatic heterocycles. The zero-order valence-corrected chi connectivity index (χ0v) is 10.2. The van der Waals surface area contributed by atoms with Gasteiger partial charge in [-0.05, 0) is 31.0 Å². The Kier molecular flexibility index (Phi) is 4.78. The van der Waals surface area contributed by atoms with Crippen molar-refractivity contribution < 1.29 is 18.3 Å². The van der Waals surface area contributed by atoms with E-state index in [4.69, 9.17) is 10.00 Å². The molecule has 0 N–H and O–H groups in total. The third-order valence-corrected chi connectivity index (χ3v) is 2.51. The first-order valence-electron chi connectivity index (χ1n) is 5.57. The maximum absolute atomic E-state index is 12.9. The molecule has 0 spiro atoms. The third kappa shape index (κ3) is 2.83. The van der Waals surface area contributed by atoms with Gasteiger partial charge in [-0.25, -0.2) is 13.6 Å². The fraction of sp³-hybridized carbons (Fsp3) is 0.385. The van der Waals surface area contributed by atoms with Crippen molar-refractivity contribution in [2.75, 3.05) is 6.61 Å². The van der Waals surface area contributed by atoms with Gasteiger partial charge in [-0.1, -0.05) is 6.92 Å². The van der Waals surface area contributed by atoms with Gasteiger partial charge in [0.05, 0.1) is 23.8 Å². The molecule has 1 rings (SSSR count). The quantitative estimate of drug-likeness (QED) is 0.774. The molecule has 0 aliphatic carbocycles. The van der Waals surface area contributed by atoms with Gasteiger partial charge < -0.3 is 4.74 Å². The van der Waals surface area contributed by atoms with Crippen molar-refractivity contribution >= 4 is 5.97 Å². The maximum atomic E-state index is 12.9. The average molecular weight is 253 g/mol. The van der Waals surface area contributed by atoms with E-state index in [2.05, 4.69) is 0 Å². The predicted molar refractivity (Wildman–Crippen MR) is 61.4 cm³/mol. The number of halogens is 2. The van der Waals surface area contributed by atoms with E-state index in [9.17, 15) is 13.6 Å². The van der Waals surface area contributed by atoms with Crippen molar-refractivity contribution in [2.45, 2.75) is 26.7 Å². The van der Waals surface area contributed by atoms with Gasteiger partial charge in [0, 0.05) is 5.56 Å². The van der Waals surface area contributed by atoms with Crippen LogP contribution in [0, 0.1) is 11.3 Å². The highest BCUT2D eigenvalue weighted by Crippen LogP contribution is 2.27. The van der Waals surface area contributed by atoms with Crippen LogP contribution in [-0.4, -0.2) is 12.6 Å². The number of nitriles is 1. The van der Waals surface area contributed by atoms with Gasteiger partial charge in [0.15, 0.2) is 0 Å². The van der Waals surface area contributed by atoms with Crippen LogP contribution in [0.5, 0.6) is 0 Å². The van der Waals surface area contributed by atoms with Crippen LogP contribution in [0.15, 0.2) is 12.1 Å². The van der Waals surface area contributed by atoms with Gasteiger partial charge in [-0.3, -0.25) is 0 Å². The molecule has 0 saturated carbocycles. The lowest BCUT2D eigenvalue weighted by Crippen LogP contribution is -2.10. The van der Waals surface area contributed by atoms with Gasteiger partial charge in [-0.2, -0.15) is 5.26 Å². The second kappa shape index (κ2) is 6.10. The SMILES string of the molecule is CCOC(=O)c1cc(C#N)c(CC)cc1C(F)F. The van der Waals surface area contributed by atoms with E-state index in [0.29, 0.717) is 12.0 Å². The molecule has 0 saturated heterocycles. The third-order valence-electron chi connectivity index (χ3n) is 2.51. The molecule has 1 aromatic rings. The number of carbonyl (C=O) groups excluding carboxylic acids is 1. The highest BCUT2D eigenvalue weighted by Gasteiger charge is 2.21. The summed E-state index contributed by atoms with van der Waals surface area (Å²) >= 11 is 0. The van der Waals surface area contributed by atoms with Gasteiger partial charge >= 0.3 is 5.97 Å². The van der Waals surface area contributed by atoms with E-state index in [0.717, 1.165) is 0 Å². The normalized spacial score (nSPS) is 10.2. The summed E-state index contributed by atoms with van der Waals surface area (Å²) < 4.78 is 30.5. The molecule has 0 unspecified atom stereocenters. The van der Waals surface area contributed by atoms with Crippen LogP contribution in [0.2, 0.25) is 0 Å². The summed E-state index contributed by atoms with van der Waals surface area (Å²) in [5.74, 6) is -0.827. The molecule has 0 aliphatic heterocycles. The molecular formula is C13H13F2NO2. The number of carbonyl (C=O) groups is 1. The van der Waals surface area contributed by atoms with Crippen molar-refractivity contribution in [3.8, 4) is 6.07 Å². The van der Waals surface area contributed by atoms with E-state index >= 15 is 0 Å². The molecule has 18 heavy (non-hydrogen) atoms. The molecule has 0 fully saturated rings. The number of benzene rings is 1. The van der Waals surface area contributed by atoms with Crippen LogP contribution in [0.25, 0.3) is 0 Å². The zero-order valence-electron chi connectivity index (χ0n) is 10.2. The first-order chi connectivity index (χ1) is 8.54. The number of nitrogens with zero attached hydrogens (tertiary/aromatic N) is 1.